The molecule has 6 nitrogen and oxygen atoms in total. The molecule has 7 heteroatoms. The van der Waals surface area contributed by atoms with E-state index in [1.165, 1.54) is 0 Å². The number of carbonyl (C=O) groups excluding carboxylic acids is 2. The van der Waals surface area contributed by atoms with Crippen molar-refractivity contribution in [2.75, 3.05) is 18.9 Å². The van der Waals surface area contributed by atoms with E-state index in [0.717, 1.165) is 12.3 Å². The van der Waals surface area contributed by atoms with Gasteiger partial charge < -0.3 is 16.0 Å². The lowest BCUT2D eigenvalue weighted by Crippen LogP contribution is -2.40. The summed E-state index contributed by atoms with van der Waals surface area (Å²) in [6.07, 6.45) is 1.01. The lowest BCUT2D eigenvalue weighted by Gasteiger charge is -2.11. The maximum Gasteiger partial charge on any atom is 0.255 e. The summed E-state index contributed by atoms with van der Waals surface area (Å²) in [5.74, 6) is -1.23. The van der Waals surface area contributed by atoms with Gasteiger partial charge in [-0.1, -0.05) is 0 Å². The van der Waals surface area contributed by atoms with Gasteiger partial charge in [0, 0.05) is 13.1 Å². The van der Waals surface area contributed by atoms with Gasteiger partial charge >= 0.3 is 0 Å². The van der Waals surface area contributed by atoms with E-state index in [1.54, 1.807) is 7.05 Å². The zero-order valence-electron chi connectivity index (χ0n) is 11.1. The van der Waals surface area contributed by atoms with Crippen LogP contribution in [0.3, 0.4) is 0 Å². The van der Waals surface area contributed by atoms with Crippen molar-refractivity contribution < 1.29 is 14.0 Å². The summed E-state index contributed by atoms with van der Waals surface area (Å²) in [4.78, 5) is 27.0. The first-order chi connectivity index (χ1) is 8.93. The predicted octanol–water partition coefficient (Wildman–Crippen LogP) is 0.517. The SMILES string of the molecule is CNc1ncc(F)cc1C(=O)NCC(=O)NC(C)C. The van der Waals surface area contributed by atoms with Crippen molar-refractivity contribution in [3.8, 4) is 0 Å². The molecule has 1 heterocycles. The van der Waals surface area contributed by atoms with Crippen LogP contribution < -0.4 is 16.0 Å². The largest absolute Gasteiger partial charge is 0.372 e. The Bertz CT molecular complexity index is 477. The molecule has 0 fully saturated rings. The predicted molar refractivity (Wildman–Crippen MR) is 69.4 cm³/mol. The average molecular weight is 268 g/mol. The Morgan fingerprint density at radius 2 is 2.11 bits per heavy atom. The molecule has 1 aromatic rings. The molecule has 0 bridgehead atoms. The van der Waals surface area contributed by atoms with Crippen LogP contribution in [0.2, 0.25) is 0 Å². The van der Waals surface area contributed by atoms with Crippen molar-refractivity contribution in [3.63, 3.8) is 0 Å². The van der Waals surface area contributed by atoms with Gasteiger partial charge in [-0.15, -0.1) is 0 Å². The van der Waals surface area contributed by atoms with Crippen molar-refractivity contribution in [2.45, 2.75) is 19.9 Å². The number of amides is 2. The molecule has 0 saturated carbocycles. The van der Waals surface area contributed by atoms with Gasteiger partial charge in [0.2, 0.25) is 5.91 Å². The molecule has 104 valence electrons. The molecule has 1 rings (SSSR count). The van der Waals surface area contributed by atoms with E-state index in [0.29, 0.717) is 0 Å². The van der Waals surface area contributed by atoms with Gasteiger partial charge in [0.05, 0.1) is 18.3 Å². The molecular weight excluding hydrogens is 251 g/mol. The molecule has 0 unspecified atom stereocenters. The maximum atomic E-state index is 13.1. The number of nitrogens with zero attached hydrogens (tertiary/aromatic N) is 1. The first-order valence-corrected chi connectivity index (χ1v) is 5.85. The van der Waals surface area contributed by atoms with E-state index in [-0.39, 0.29) is 29.9 Å². The third-order valence-electron chi connectivity index (χ3n) is 2.19. The Balaban J connectivity index is 2.68. The number of anilines is 1. The third-order valence-corrected chi connectivity index (χ3v) is 2.19. The third kappa shape index (κ3) is 4.53. The standard InChI is InChI=1S/C12H17FN4O2/c1-7(2)17-10(18)6-16-12(19)9-4-8(13)5-15-11(9)14-3/h4-5,7H,6H2,1-3H3,(H,14,15)(H,16,19)(H,17,18). The molecule has 0 aliphatic carbocycles. The highest BCUT2D eigenvalue weighted by atomic mass is 19.1. The smallest absolute Gasteiger partial charge is 0.255 e. The normalized spacial score (nSPS) is 10.2. The summed E-state index contributed by atoms with van der Waals surface area (Å²) in [5, 5.41) is 7.72. The molecule has 0 radical (unpaired) electrons. The Morgan fingerprint density at radius 1 is 1.42 bits per heavy atom. The van der Waals surface area contributed by atoms with E-state index in [1.807, 2.05) is 13.8 Å². The van der Waals surface area contributed by atoms with Gasteiger partial charge in [-0.2, -0.15) is 0 Å². The highest BCUT2D eigenvalue weighted by molar-refractivity contribution is 6.00. The molecule has 19 heavy (non-hydrogen) atoms. The number of carbonyl (C=O) groups is 2. The molecule has 0 spiro atoms. The summed E-state index contributed by atoms with van der Waals surface area (Å²) in [6, 6.07) is 1.06. The van der Waals surface area contributed by atoms with Crippen LogP contribution in [0.4, 0.5) is 10.2 Å². The second kappa shape index (κ2) is 6.67. The summed E-state index contributed by atoms with van der Waals surface area (Å²) >= 11 is 0. The van der Waals surface area contributed by atoms with Gasteiger partial charge in [0.25, 0.3) is 5.91 Å². The van der Waals surface area contributed by atoms with Crippen LogP contribution in [0.5, 0.6) is 0 Å². The number of rotatable bonds is 5. The van der Waals surface area contributed by atoms with E-state index in [4.69, 9.17) is 0 Å². The topological polar surface area (TPSA) is 83.1 Å². The first kappa shape index (κ1) is 14.9. The highest BCUT2D eigenvalue weighted by Crippen LogP contribution is 2.12. The summed E-state index contributed by atoms with van der Waals surface area (Å²) in [7, 11) is 1.57. The van der Waals surface area contributed by atoms with Gasteiger partial charge in [0.1, 0.15) is 11.6 Å². The molecule has 0 atom stereocenters. The number of aromatic nitrogens is 1. The van der Waals surface area contributed by atoms with Crippen molar-refractivity contribution in [1.29, 1.82) is 0 Å². The highest BCUT2D eigenvalue weighted by Gasteiger charge is 2.14. The van der Waals surface area contributed by atoms with Crippen LogP contribution >= 0.6 is 0 Å². The van der Waals surface area contributed by atoms with Crippen LogP contribution in [0, 0.1) is 5.82 Å². The van der Waals surface area contributed by atoms with Crippen molar-refractivity contribution in [1.82, 2.24) is 15.6 Å². The molecule has 0 aliphatic heterocycles. The molecule has 2 amide bonds. The number of nitrogens with one attached hydrogen (secondary N) is 3. The number of hydrogen-bond donors (Lipinski definition) is 3. The fourth-order valence-corrected chi connectivity index (χ4v) is 1.44. The molecular formula is C12H17FN4O2. The summed E-state index contributed by atoms with van der Waals surface area (Å²) in [6.45, 7) is 3.46. The van der Waals surface area contributed by atoms with Gasteiger partial charge in [0.15, 0.2) is 0 Å². The Hall–Kier alpha value is -2.18. The van der Waals surface area contributed by atoms with Crippen LogP contribution in [-0.4, -0.2) is 36.4 Å². The minimum Gasteiger partial charge on any atom is -0.372 e. The number of halogens is 1. The first-order valence-electron chi connectivity index (χ1n) is 5.85. The van der Waals surface area contributed by atoms with Gasteiger partial charge in [-0.25, -0.2) is 9.37 Å². The fraction of sp³-hybridized carbons (Fsp3) is 0.417. The van der Waals surface area contributed by atoms with Crippen molar-refractivity contribution >= 4 is 17.6 Å². The monoisotopic (exact) mass is 268 g/mol. The van der Waals surface area contributed by atoms with Crippen LogP contribution in [0.25, 0.3) is 0 Å². The van der Waals surface area contributed by atoms with Gasteiger partial charge in [-0.05, 0) is 19.9 Å². The Labute approximate surface area is 110 Å². The zero-order valence-corrected chi connectivity index (χ0v) is 11.1. The Kier molecular flexibility index (Phi) is 5.23. The fourth-order valence-electron chi connectivity index (χ4n) is 1.44. The van der Waals surface area contributed by atoms with E-state index in [9.17, 15) is 14.0 Å². The van der Waals surface area contributed by atoms with Crippen LogP contribution in [0.15, 0.2) is 12.3 Å². The Morgan fingerprint density at radius 3 is 2.68 bits per heavy atom. The van der Waals surface area contributed by atoms with E-state index >= 15 is 0 Å². The van der Waals surface area contributed by atoms with Crippen molar-refractivity contribution in [3.05, 3.63) is 23.6 Å². The second-order valence-corrected chi connectivity index (χ2v) is 4.20. The van der Waals surface area contributed by atoms with Gasteiger partial charge in [-0.3, -0.25) is 9.59 Å². The summed E-state index contributed by atoms with van der Waals surface area (Å²) < 4.78 is 13.1. The second-order valence-electron chi connectivity index (χ2n) is 4.20. The molecule has 3 N–H and O–H groups in total. The molecule has 1 aromatic heterocycles. The summed E-state index contributed by atoms with van der Waals surface area (Å²) in [5.41, 5.74) is 0.0554. The van der Waals surface area contributed by atoms with E-state index < -0.39 is 11.7 Å². The molecule has 0 saturated heterocycles. The maximum absolute atomic E-state index is 13.1. The number of hydrogen-bond acceptors (Lipinski definition) is 4. The zero-order chi connectivity index (χ0) is 14.4. The average Bonchev–Trinajstić information content (AvgIpc) is 2.35. The van der Waals surface area contributed by atoms with E-state index in [2.05, 4.69) is 20.9 Å². The van der Waals surface area contributed by atoms with Crippen LogP contribution in [0.1, 0.15) is 24.2 Å². The van der Waals surface area contributed by atoms with Crippen molar-refractivity contribution in [2.24, 2.45) is 0 Å². The minimum absolute atomic E-state index is 0.00638. The minimum atomic E-state index is -0.615. The lowest BCUT2D eigenvalue weighted by atomic mass is 10.2. The lowest BCUT2D eigenvalue weighted by molar-refractivity contribution is -0.120. The van der Waals surface area contributed by atoms with Crippen LogP contribution in [-0.2, 0) is 4.79 Å². The number of pyridine rings is 1. The molecule has 0 aromatic carbocycles. The quantitative estimate of drug-likeness (QED) is 0.727. The molecule has 0 aliphatic rings.